The van der Waals surface area contributed by atoms with E-state index in [4.69, 9.17) is 4.74 Å². The molecule has 0 N–H and O–H groups in total. The van der Waals surface area contributed by atoms with E-state index in [0.29, 0.717) is 6.61 Å². The summed E-state index contributed by atoms with van der Waals surface area (Å²) in [4.78, 5) is 11.9. The van der Waals surface area contributed by atoms with Crippen LogP contribution in [0.4, 0.5) is 0 Å². The van der Waals surface area contributed by atoms with E-state index in [1.54, 1.807) is 0 Å². The number of ether oxygens (including phenoxy) is 1. The van der Waals surface area contributed by atoms with Gasteiger partial charge >= 0.3 is 5.97 Å². The van der Waals surface area contributed by atoms with Crippen molar-refractivity contribution >= 4 is 12.0 Å². The summed E-state index contributed by atoms with van der Waals surface area (Å²) >= 11 is 0. The number of fused-ring (bicyclic) bond motifs is 2. The Morgan fingerprint density at radius 1 is 0.950 bits per heavy atom. The molecule has 1 saturated heterocycles. The molecule has 1 fully saturated rings. The highest BCUT2D eigenvalue weighted by Gasteiger charge is 2.41. The van der Waals surface area contributed by atoms with E-state index in [9.17, 15) is 4.79 Å². The number of esters is 1. The second-order valence-electron chi connectivity index (χ2n) is 5.32. The smallest absolute Gasteiger partial charge is 0.334 e. The van der Waals surface area contributed by atoms with Crippen molar-refractivity contribution in [1.82, 2.24) is 0 Å². The molecule has 0 radical (unpaired) electrons. The number of cyclic esters (lactones) is 1. The molecular formula is C18H14O2. The van der Waals surface area contributed by atoms with Gasteiger partial charge in [-0.25, -0.2) is 4.79 Å². The minimum atomic E-state index is -0.162. The minimum absolute atomic E-state index is 0.139. The van der Waals surface area contributed by atoms with Gasteiger partial charge in [0.05, 0.1) is 6.61 Å². The van der Waals surface area contributed by atoms with Crippen molar-refractivity contribution in [3.05, 3.63) is 76.9 Å². The van der Waals surface area contributed by atoms with E-state index in [0.717, 1.165) is 11.1 Å². The molecule has 1 aliphatic carbocycles. The molecule has 0 aromatic heterocycles. The molecule has 0 spiro atoms. The Bertz CT molecular complexity index is 700. The summed E-state index contributed by atoms with van der Waals surface area (Å²) in [7, 11) is 0. The lowest BCUT2D eigenvalue weighted by Gasteiger charge is -2.28. The summed E-state index contributed by atoms with van der Waals surface area (Å²) < 4.78 is 5.28. The van der Waals surface area contributed by atoms with E-state index in [1.165, 1.54) is 11.1 Å². The maximum absolute atomic E-state index is 11.9. The van der Waals surface area contributed by atoms with Crippen LogP contribution in [0.2, 0.25) is 0 Å². The second kappa shape index (κ2) is 4.34. The molecule has 4 rings (SSSR count). The SMILES string of the molecule is O=C1OC[C@@H]2C1=Cc1ccccc1[C@H]2c1ccccc1. The molecule has 1 heterocycles. The predicted octanol–water partition coefficient (Wildman–Crippen LogP) is 3.39. The molecular weight excluding hydrogens is 248 g/mol. The highest BCUT2D eigenvalue weighted by Crippen LogP contribution is 2.45. The van der Waals surface area contributed by atoms with Gasteiger partial charge < -0.3 is 4.74 Å². The Labute approximate surface area is 117 Å². The van der Waals surface area contributed by atoms with E-state index >= 15 is 0 Å². The topological polar surface area (TPSA) is 26.3 Å². The van der Waals surface area contributed by atoms with Crippen molar-refractivity contribution < 1.29 is 9.53 Å². The van der Waals surface area contributed by atoms with Crippen LogP contribution in [0.3, 0.4) is 0 Å². The Hall–Kier alpha value is -2.35. The fourth-order valence-electron chi connectivity index (χ4n) is 3.31. The van der Waals surface area contributed by atoms with Crippen molar-refractivity contribution in [2.75, 3.05) is 6.61 Å². The zero-order valence-electron chi connectivity index (χ0n) is 11.0. The van der Waals surface area contributed by atoms with Gasteiger partial charge in [0.25, 0.3) is 0 Å². The summed E-state index contributed by atoms with van der Waals surface area (Å²) in [6.07, 6.45) is 1.99. The van der Waals surface area contributed by atoms with E-state index in [2.05, 4.69) is 30.3 Å². The van der Waals surface area contributed by atoms with Gasteiger partial charge in [-0.3, -0.25) is 0 Å². The number of rotatable bonds is 1. The Morgan fingerprint density at radius 3 is 2.55 bits per heavy atom. The summed E-state index contributed by atoms with van der Waals surface area (Å²) in [5.41, 5.74) is 4.48. The number of hydrogen-bond donors (Lipinski definition) is 0. The lowest BCUT2D eigenvalue weighted by atomic mass is 9.73. The van der Waals surface area contributed by atoms with Crippen LogP contribution in [-0.4, -0.2) is 12.6 Å². The predicted molar refractivity (Wildman–Crippen MR) is 77.2 cm³/mol. The lowest BCUT2D eigenvalue weighted by molar-refractivity contribution is -0.135. The first kappa shape index (κ1) is 11.5. The Morgan fingerprint density at radius 2 is 1.70 bits per heavy atom. The van der Waals surface area contributed by atoms with Crippen LogP contribution in [0, 0.1) is 5.92 Å². The van der Waals surface area contributed by atoms with Gasteiger partial charge in [-0.05, 0) is 22.8 Å². The quantitative estimate of drug-likeness (QED) is 0.736. The van der Waals surface area contributed by atoms with Crippen LogP contribution >= 0.6 is 0 Å². The maximum Gasteiger partial charge on any atom is 0.334 e. The third-order valence-corrected chi connectivity index (χ3v) is 4.23. The summed E-state index contributed by atoms with van der Waals surface area (Å²) in [5, 5.41) is 0. The standard InChI is InChI=1S/C18H14O2/c19-18-15-10-13-8-4-5-9-14(13)17(16(15)11-20-18)12-6-2-1-3-7-12/h1-10,16-17H,11H2/t16-,17-/m1/s1. The molecule has 2 atom stereocenters. The molecule has 0 amide bonds. The highest BCUT2D eigenvalue weighted by molar-refractivity contribution is 5.97. The van der Waals surface area contributed by atoms with E-state index in [-0.39, 0.29) is 17.8 Å². The highest BCUT2D eigenvalue weighted by atomic mass is 16.5. The van der Waals surface area contributed by atoms with Crippen molar-refractivity contribution in [2.45, 2.75) is 5.92 Å². The van der Waals surface area contributed by atoms with Gasteiger partial charge in [0, 0.05) is 17.4 Å². The molecule has 2 aromatic rings. The number of carbonyl (C=O) groups excluding carboxylic acids is 1. The molecule has 0 bridgehead atoms. The van der Waals surface area contributed by atoms with Crippen molar-refractivity contribution in [2.24, 2.45) is 5.92 Å². The van der Waals surface area contributed by atoms with Gasteiger partial charge in [0.15, 0.2) is 0 Å². The maximum atomic E-state index is 11.9. The summed E-state index contributed by atoms with van der Waals surface area (Å²) in [6, 6.07) is 18.7. The molecule has 2 heteroatoms. The molecule has 0 unspecified atom stereocenters. The normalized spacial score (nSPS) is 23.6. The lowest BCUT2D eigenvalue weighted by Crippen LogP contribution is -2.20. The average molecular weight is 262 g/mol. The summed E-state index contributed by atoms with van der Waals surface area (Å²) in [5.74, 6) is 0.184. The first-order chi connectivity index (χ1) is 9.84. The van der Waals surface area contributed by atoms with Crippen molar-refractivity contribution in [3.8, 4) is 0 Å². The fraction of sp³-hybridized carbons (Fsp3) is 0.167. The molecule has 0 saturated carbocycles. The largest absolute Gasteiger partial charge is 0.462 e. The molecule has 98 valence electrons. The van der Waals surface area contributed by atoms with Gasteiger partial charge in [0.2, 0.25) is 0 Å². The zero-order valence-corrected chi connectivity index (χ0v) is 11.0. The van der Waals surface area contributed by atoms with Gasteiger partial charge in [-0.15, -0.1) is 0 Å². The third-order valence-electron chi connectivity index (χ3n) is 4.23. The monoisotopic (exact) mass is 262 g/mol. The first-order valence-electron chi connectivity index (χ1n) is 6.87. The van der Waals surface area contributed by atoms with Gasteiger partial charge in [-0.1, -0.05) is 54.6 Å². The van der Waals surface area contributed by atoms with E-state index < -0.39 is 0 Å². The average Bonchev–Trinajstić information content (AvgIpc) is 2.87. The van der Waals surface area contributed by atoms with Gasteiger partial charge in [-0.2, -0.15) is 0 Å². The number of hydrogen-bond acceptors (Lipinski definition) is 2. The molecule has 20 heavy (non-hydrogen) atoms. The molecule has 2 aromatic carbocycles. The third kappa shape index (κ3) is 1.61. The Kier molecular flexibility index (Phi) is 2.49. The van der Waals surface area contributed by atoms with Crippen LogP contribution in [-0.2, 0) is 9.53 Å². The van der Waals surface area contributed by atoms with Crippen molar-refractivity contribution in [3.63, 3.8) is 0 Å². The zero-order chi connectivity index (χ0) is 13.5. The second-order valence-corrected chi connectivity index (χ2v) is 5.32. The number of benzene rings is 2. The van der Waals surface area contributed by atoms with Crippen LogP contribution in [0.1, 0.15) is 22.6 Å². The van der Waals surface area contributed by atoms with Gasteiger partial charge in [0.1, 0.15) is 0 Å². The van der Waals surface area contributed by atoms with Crippen molar-refractivity contribution in [1.29, 1.82) is 0 Å². The minimum Gasteiger partial charge on any atom is -0.462 e. The summed E-state index contributed by atoms with van der Waals surface area (Å²) in [6.45, 7) is 0.485. The van der Waals surface area contributed by atoms with E-state index in [1.807, 2.05) is 30.3 Å². The molecule has 1 aliphatic heterocycles. The van der Waals surface area contributed by atoms with Crippen LogP contribution in [0.15, 0.2) is 60.2 Å². The fourth-order valence-corrected chi connectivity index (χ4v) is 3.31. The molecule has 2 nitrogen and oxygen atoms in total. The first-order valence-corrected chi connectivity index (χ1v) is 6.87. The van der Waals surface area contributed by atoms with Crippen LogP contribution in [0.5, 0.6) is 0 Å². The number of carbonyl (C=O) groups is 1. The molecule has 2 aliphatic rings. The van der Waals surface area contributed by atoms with Crippen LogP contribution in [0.25, 0.3) is 6.08 Å². The Balaban J connectivity index is 1.93. The van der Waals surface area contributed by atoms with Crippen LogP contribution < -0.4 is 0 Å².